The molecule has 1 heterocycles. The van der Waals surface area contributed by atoms with Crippen LogP contribution in [0.1, 0.15) is 49.4 Å². The minimum Gasteiger partial charge on any atom is -0.508 e. The highest BCUT2D eigenvalue weighted by molar-refractivity contribution is 6.01. The van der Waals surface area contributed by atoms with E-state index in [-0.39, 0.29) is 16.9 Å². The standard InChI is InChI=1S/C29H30N4O2/c1-17-12-22-23(13-18(17)2)31-28(27-24(30-22)15-29(3,4)16-26(27)35)21-14-20(10-11-25(21)34)33-32-19-8-6-5-7-9-19/h5-14,28,30-31,34H,15-16H2,1-4H3/t28-/m1/s1. The summed E-state index contributed by atoms with van der Waals surface area (Å²) in [4.78, 5) is 13.5. The summed E-state index contributed by atoms with van der Waals surface area (Å²) in [6.45, 7) is 8.39. The lowest BCUT2D eigenvalue weighted by molar-refractivity contribution is -0.118. The van der Waals surface area contributed by atoms with Gasteiger partial charge in [-0.3, -0.25) is 4.79 Å². The van der Waals surface area contributed by atoms with Crippen molar-refractivity contribution in [3.05, 3.63) is 88.6 Å². The van der Waals surface area contributed by atoms with E-state index in [1.807, 2.05) is 36.4 Å². The average Bonchev–Trinajstić information content (AvgIpc) is 2.95. The minimum absolute atomic E-state index is 0.0817. The Bertz CT molecular complexity index is 1370. The molecule has 0 bridgehead atoms. The number of aryl methyl sites for hydroxylation is 2. The normalized spacial score (nSPS) is 19.0. The number of fused-ring (bicyclic) bond motifs is 1. The maximum Gasteiger partial charge on any atom is 0.163 e. The maximum absolute atomic E-state index is 13.5. The summed E-state index contributed by atoms with van der Waals surface area (Å²) in [7, 11) is 0. The number of carbonyl (C=O) groups is 1. The highest BCUT2D eigenvalue weighted by Crippen LogP contribution is 2.47. The summed E-state index contributed by atoms with van der Waals surface area (Å²) in [5, 5.41) is 26.8. The number of benzene rings is 3. The van der Waals surface area contributed by atoms with Crippen LogP contribution in [0.15, 0.2) is 82.2 Å². The van der Waals surface area contributed by atoms with Gasteiger partial charge in [-0.25, -0.2) is 0 Å². The Morgan fingerprint density at radius 2 is 1.57 bits per heavy atom. The molecule has 178 valence electrons. The molecule has 1 aliphatic heterocycles. The van der Waals surface area contributed by atoms with Gasteiger partial charge < -0.3 is 15.7 Å². The number of anilines is 2. The Morgan fingerprint density at radius 1 is 0.886 bits per heavy atom. The summed E-state index contributed by atoms with van der Waals surface area (Å²) in [6, 6.07) is 18.3. The van der Waals surface area contributed by atoms with Crippen LogP contribution in [0.5, 0.6) is 5.75 Å². The lowest BCUT2D eigenvalue weighted by atomic mass is 9.73. The van der Waals surface area contributed by atoms with E-state index in [9.17, 15) is 9.90 Å². The highest BCUT2D eigenvalue weighted by Gasteiger charge is 2.39. The first-order valence-electron chi connectivity index (χ1n) is 11.9. The van der Waals surface area contributed by atoms with Gasteiger partial charge in [-0.05, 0) is 79.3 Å². The number of aromatic hydroxyl groups is 1. The van der Waals surface area contributed by atoms with Crippen LogP contribution in [0.2, 0.25) is 0 Å². The van der Waals surface area contributed by atoms with Crippen molar-refractivity contribution in [2.24, 2.45) is 15.6 Å². The zero-order chi connectivity index (χ0) is 24.7. The summed E-state index contributed by atoms with van der Waals surface area (Å²) in [6.07, 6.45) is 1.20. The Kier molecular flexibility index (Phi) is 5.67. The topological polar surface area (TPSA) is 86.1 Å². The molecule has 6 heteroatoms. The number of rotatable bonds is 3. The molecule has 0 fully saturated rings. The van der Waals surface area contributed by atoms with E-state index in [1.54, 1.807) is 12.1 Å². The van der Waals surface area contributed by atoms with Crippen molar-refractivity contribution in [2.45, 2.75) is 46.6 Å². The number of Topliss-reactive ketones (excluding diaryl/α,β-unsaturated/α-hetero) is 1. The zero-order valence-corrected chi connectivity index (χ0v) is 20.5. The molecule has 1 aliphatic carbocycles. The molecule has 5 rings (SSSR count). The smallest absolute Gasteiger partial charge is 0.163 e. The quantitative estimate of drug-likeness (QED) is 0.346. The number of carbonyl (C=O) groups excluding carboxylic acids is 1. The first kappa shape index (κ1) is 22.8. The number of nitrogens with one attached hydrogen (secondary N) is 2. The molecule has 6 nitrogen and oxygen atoms in total. The van der Waals surface area contributed by atoms with Crippen LogP contribution in [-0.2, 0) is 4.79 Å². The number of hydrogen-bond acceptors (Lipinski definition) is 6. The van der Waals surface area contributed by atoms with Gasteiger partial charge in [0.05, 0.1) is 28.8 Å². The van der Waals surface area contributed by atoms with Gasteiger partial charge >= 0.3 is 0 Å². The Morgan fingerprint density at radius 3 is 2.31 bits per heavy atom. The van der Waals surface area contributed by atoms with Crippen molar-refractivity contribution in [2.75, 3.05) is 10.6 Å². The molecule has 0 aromatic heterocycles. The predicted molar refractivity (Wildman–Crippen MR) is 140 cm³/mol. The first-order chi connectivity index (χ1) is 16.7. The fourth-order valence-electron chi connectivity index (χ4n) is 4.89. The number of nitrogens with zero attached hydrogens (tertiary/aromatic N) is 2. The predicted octanol–water partition coefficient (Wildman–Crippen LogP) is 7.65. The summed E-state index contributed by atoms with van der Waals surface area (Å²) < 4.78 is 0. The summed E-state index contributed by atoms with van der Waals surface area (Å²) >= 11 is 0. The van der Waals surface area contributed by atoms with Crippen molar-refractivity contribution in [3.8, 4) is 5.75 Å². The Hall–Kier alpha value is -3.93. The lowest BCUT2D eigenvalue weighted by Gasteiger charge is -2.34. The lowest BCUT2D eigenvalue weighted by Crippen LogP contribution is -2.31. The second-order valence-electron chi connectivity index (χ2n) is 10.3. The van der Waals surface area contributed by atoms with E-state index in [1.165, 1.54) is 5.56 Å². The average molecular weight is 467 g/mol. The van der Waals surface area contributed by atoms with Crippen LogP contribution in [0.25, 0.3) is 0 Å². The molecular weight excluding hydrogens is 436 g/mol. The summed E-state index contributed by atoms with van der Waals surface area (Å²) in [5.41, 5.74) is 7.53. The molecule has 3 aromatic rings. The SMILES string of the molecule is Cc1cc2c(cc1C)N[C@H](c1cc(N=Nc3ccccc3)ccc1O)C1=C(CC(C)(C)CC1=O)N2. The van der Waals surface area contributed by atoms with Gasteiger partial charge in [0.25, 0.3) is 0 Å². The molecule has 1 atom stereocenters. The fraction of sp³-hybridized carbons (Fsp3) is 0.276. The van der Waals surface area contributed by atoms with E-state index >= 15 is 0 Å². The molecule has 3 aromatic carbocycles. The molecule has 3 N–H and O–H groups in total. The molecule has 0 radical (unpaired) electrons. The molecule has 0 spiro atoms. The second kappa shape index (κ2) is 8.69. The number of azo groups is 1. The summed E-state index contributed by atoms with van der Waals surface area (Å²) in [5.74, 6) is 0.191. The fourth-order valence-corrected chi connectivity index (χ4v) is 4.89. The van der Waals surface area contributed by atoms with Gasteiger partial charge in [-0.15, -0.1) is 0 Å². The van der Waals surface area contributed by atoms with Gasteiger partial charge in [0, 0.05) is 23.3 Å². The van der Waals surface area contributed by atoms with Gasteiger partial charge in [0.15, 0.2) is 5.78 Å². The van der Waals surface area contributed by atoms with Gasteiger partial charge in [-0.2, -0.15) is 10.2 Å². The van der Waals surface area contributed by atoms with Crippen LogP contribution in [0.3, 0.4) is 0 Å². The third-order valence-electron chi connectivity index (χ3n) is 6.79. The number of phenolic OH excluding ortho intramolecular Hbond substituents is 1. The van der Waals surface area contributed by atoms with Crippen LogP contribution < -0.4 is 10.6 Å². The Labute approximate surface area is 205 Å². The largest absolute Gasteiger partial charge is 0.508 e. The van der Waals surface area contributed by atoms with E-state index < -0.39 is 6.04 Å². The minimum atomic E-state index is -0.517. The van der Waals surface area contributed by atoms with E-state index in [0.717, 1.165) is 34.7 Å². The van der Waals surface area contributed by atoms with Crippen LogP contribution in [-0.4, -0.2) is 10.9 Å². The van der Waals surface area contributed by atoms with Gasteiger partial charge in [-0.1, -0.05) is 32.0 Å². The Balaban J connectivity index is 1.63. The molecule has 0 saturated carbocycles. The maximum atomic E-state index is 13.5. The van der Waals surface area contributed by atoms with Crippen molar-refractivity contribution in [3.63, 3.8) is 0 Å². The third kappa shape index (κ3) is 4.56. The molecule has 35 heavy (non-hydrogen) atoms. The van der Waals surface area contributed by atoms with Crippen molar-refractivity contribution >= 4 is 28.5 Å². The van der Waals surface area contributed by atoms with E-state index in [0.29, 0.717) is 23.2 Å². The molecule has 2 aliphatic rings. The zero-order valence-electron chi connectivity index (χ0n) is 20.5. The van der Waals surface area contributed by atoms with Crippen molar-refractivity contribution in [1.29, 1.82) is 0 Å². The number of ketones is 1. The highest BCUT2D eigenvalue weighted by atomic mass is 16.3. The van der Waals surface area contributed by atoms with Gasteiger partial charge in [0.1, 0.15) is 5.75 Å². The number of phenols is 1. The third-order valence-corrected chi connectivity index (χ3v) is 6.79. The first-order valence-corrected chi connectivity index (χ1v) is 11.9. The molecule has 0 unspecified atom stereocenters. The van der Waals surface area contributed by atoms with Gasteiger partial charge in [0.2, 0.25) is 0 Å². The van der Waals surface area contributed by atoms with E-state index in [2.05, 4.69) is 60.7 Å². The molecular formula is C29H30N4O2. The second-order valence-corrected chi connectivity index (χ2v) is 10.3. The number of hydrogen-bond donors (Lipinski definition) is 3. The van der Waals surface area contributed by atoms with Crippen LogP contribution in [0.4, 0.5) is 22.7 Å². The number of allylic oxidation sites excluding steroid dienone is 1. The van der Waals surface area contributed by atoms with Crippen LogP contribution >= 0.6 is 0 Å². The molecule has 0 amide bonds. The van der Waals surface area contributed by atoms with Crippen molar-refractivity contribution < 1.29 is 9.90 Å². The van der Waals surface area contributed by atoms with Crippen LogP contribution in [0, 0.1) is 19.3 Å². The monoisotopic (exact) mass is 466 g/mol. The molecule has 0 saturated heterocycles. The van der Waals surface area contributed by atoms with Crippen molar-refractivity contribution in [1.82, 2.24) is 0 Å². The van der Waals surface area contributed by atoms with E-state index in [4.69, 9.17) is 0 Å².